The molecule has 1 radical (unpaired) electrons. The van der Waals surface area contributed by atoms with E-state index in [9.17, 15) is 13.5 Å². The normalized spacial score (nSPS) is 14.6. The first-order valence-electron chi connectivity index (χ1n) is 7.84. The second-order valence-electron chi connectivity index (χ2n) is 6.18. The smallest absolute Gasteiger partial charge is 0.231 e. The lowest BCUT2D eigenvalue weighted by atomic mass is 10.1. The van der Waals surface area contributed by atoms with E-state index in [0.717, 1.165) is 0 Å². The summed E-state index contributed by atoms with van der Waals surface area (Å²) in [6.45, 7) is 7.40. The fourth-order valence-electron chi connectivity index (χ4n) is 2.66. The predicted octanol–water partition coefficient (Wildman–Crippen LogP) is 3.17. The number of sulfone groups is 1. The van der Waals surface area contributed by atoms with Gasteiger partial charge in [0.2, 0.25) is 6.79 Å². The minimum Gasteiger partial charge on any atom is -0.505 e. The van der Waals surface area contributed by atoms with Crippen LogP contribution in [0.3, 0.4) is 0 Å². The number of phenolic OH excluding ortho intramolecular Hbond substituents is 1. The zero-order chi connectivity index (χ0) is 18.2. The first kappa shape index (κ1) is 17.4. The Morgan fingerprint density at radius 2 is 1.88 bits per heavy atom. The van der Waals surface area contributed by atoms with Crippen LogP contribution in [0.1, 0.15) is 19.4 Å². The minimum absolute atomic E-state index is 0.0611. The zero-order valence-corrected chi connectivity index (χ0v) is 14.8. The number of hydrogen-bond acceptors (Lipinski definition) is 6. The third-order valence-corrected chi connectivity index (χ3v) is 6.27. The monoisotopic (exact) mass is 362 g/mol. The molecule has 2 N–H and O–H groups in total. The number of nitrogens with one attached hydrogen (secondary N) is 1. The molecule has 0 bridgehead atoms. The third kappa shape index (κ3) is 3.24. The molecule has 0 spiro atoms. The van der Waals surface area contributed by atoms with Crippen LogP contribution in [0.4, 0.5) is 5.69 Å². The number of ether oxygens (including phenoxy) is 2. The molecule has 0 amide bonds. The number of para-hydroxylation sites is 1. The van der Waals surface area contributed by atoms with Crippen molar-refractivity contribution in [2.24, 2.45) is 5.92 Å². The van der Waals surface area contributed by atoms with E-state index >= 15 is 0 Å². The lowest BCUT2D eigenvalue weighted by molar-refractivity contribution is 0.174. The molecule has 1 heterocycles. The summed E-state index contributed by atoms with van der Waals surface area (Å²) in [6, 6.07) is 9.52. The van der Waals surface area contributed by atoms with Crippen molar-refractivity contribution < 1.29 is 23.0 Å². The Morgan fingerprint density at radius 1 is 1.16 bits per heavy atom. The van der Waals surface area contributed by atoms with Crippen molar-refractivity contribution in [1.82, 2.24) is 0 Å². The fraction of sp³-hybridized carbons (Fsp3) is 0.278. The summed E-state index contributed by atoms with van der Waals surface area (Å²) < 4.78 is 36.7. The second kappa shape index (κ2) is 6.48. The molecular weight excluding hydrogens is 342 g/mol. The predicted molar refractivity (Wildman–Crippen MR) is 94.6 cm³/mol. The Balaban J connectivity index is 1.98. The van der Waals surface area contributed by atoms with Gasteiger partial charge < -0.3 is 19.9 Å². The molecule has 1 aliphatic rings. The van der Waals surface area contributed by atoms with Gasteiger partial charge in [0.1, 0.15) is 11.1 Å². The standard InChI is InChI=1S/C18H20NO5S/c1-11(2)18(19-14-6-4-5-12(3)17(14)20)25(21,22)13-7-8-15-16(9-13)24-10-23-15/h4-9,11,18-20H,3,10H2,1-2H3/t18-/m0/s1. The average Bonchev–Trinajstić information content (AvgIpc) is 3.03. The molecule has 2 aromatic rings. The highest BCUT2D eigenvalue weighted by Crippen LogP contribution is 2.36. The summed E-state index contributed by atoms with van der Waals surface area (Å²) in [5, 5.41) is 12.1. The van der Waals surface area contributed by atoms with Gasteiger partial charge in [-0.1, -0.05) is 26.0 Å². The number of fused-ring (bicyclic) bond motifs is 1. The van der Waals surface area contributed by atoms with E-state index < -0.39 is 15.2 Å². The van der Waals surface area contributed by atoms with Gasteiger partial charge in [-0.05, 0) is 36.6 Å². The number of rotatable bonds is 5. The van der Waals surface area contributed by atoms with Crippen molar-refractivity contribution in [3.8, 4) is 17.2 Å². The number of phenols is 1. The Kier molecular flexibility index (Phi) is 4.51. The second-order valence-corrected chi connectivity index (χ2v) is 8.25. The number of benzene rings is 2. The SMILES string of the molecule is [CH2]c1cccc(N[C@H](C(C)C)S(=O)(=O)c2ccc3c(c2)OCO3)c1O. The molecule has 2 aromatic carbocycles. The van der Waals surface area contributed by atoms with Gasteiger partial charge in [-0.15, -0.1) is 0 Å². The maximum atomic E-state index is 13.1. The molecule has 7 heteroatoms. The van der Waals surface area contributed by atoms with E-state index in [-0.39, 0.29) is 23.4 Å². The molecule has 133 valence electrons. The highest BCUT2D eigenvalue weighted by molar-refractivity contribution is 7.92. The van der Waals surface area contributed by atoms with Crippen molar-refractivity contribution in [1.29, 1.82) is 0 Å². The third-order valence-electron chi connectivity index (χ3n) is 4.03. The minimum atomic E-state index is -3.73. The fourth-order valence-corrected chi connectivity index (χ4v) is 4.49. The van der Waals surface area contributed by atoms with Crippen LogP contribution in [0.15, 0.2) is 41.3 Å². The van der Waals surface area contributed by atoms with Crippen molar-refractivity contribution >= 4 is 15.5 Å². The van der Waals surface area contributed by atoms with Gasteiger partial charge in [-0.2, -0.15) is 0 Å². The van der Waals surface area contributed by atoms with Crippen LogP contribution in [0.5, 0.6) is 17.2 Å². The van der Waals surface area contributed by atoms with Gasteiger partial charge in [0.25, 0.3) is 0 Å². The molecule has 0 saturated heterocycles. The van der Waals surface area contributed by atoms with E-state index in [0.29, 0.717) is 22.7 Å². The van der Waals surface area contributed by atoms with Crippen molar-refractivity contribution in [2.75, 3.05) is 12.1 Å². The summed E-state index contributed by atoms with van der Waals surface area (Å²) in [6.07, 6.45) is 0. The van der Waals surface area contributed by atoms with Gasteiger partial charge in [0.05, 0.1) is 10.6 Å². The Morgan fingerprint density at radius 3 is 2.60 bits per heavy atom. The van der Waals surface area contributed by atoms with Crippen LogP contribution in [-0.4, -0.2) is 25.7 Å². The Bertz CT molecular complexity index is 892. The van der Waals surface area contributed by atoms with Crippen LogP contribution in [-0.2, 0) is 9.84 Å². The Hall–Kier alpha value is -2.41. The van der Waals surface area contributed by atoms with E-state index in [4.69, 9.17) is 9.47 Å². The molecule has 1 atom stereocenters. The largest absolute Gasteiger partial charge is 0.505 e. The first-order chi connectivity index (χ1) is 11.8. The molecule has 0 aliphatic carbocycles. The molecule has 1 aliphatic heterocycles. The van der Waals surface area contributed by atoms with Crippen LogP contribution < -0.4 is 14.8 Å². The lowest BCUT2D eigenvalue weighted by Gasteiger charge is -2.24. The topological polar surface area (TPSA) is 84.9 Å². The average molecular weight is 362 g/mol. The quantitative estimate of drug-likeness (QED) is 0.795. The molecule has 25 heavy (non-hydrogen) atoms. The van der Waals surface area contributed by atoms with Crippen molar-refractivity contribution in [3.05, 3.63) is 48.9 Å². The molecular formula is C18H20NO5S. The number of hydrogen-bond donors (Lipinski definition) is 2. The van der Waals surface area contributed by atoms with Crippen LogP contribution >= 0.6 is 0 Å². The van der Waals surface area contributed by atoms with Gasteiger partial charge >= 0.3 is 0 Å². The van der Waals surface area contributed by atoms with Crippen LogP contribution in [0.2, 0.25) is 0 Å². The summed E-state index contributed by atoms with van der Waals surface area (Å²) in [5.74, 6) is 0.624. The molecule has 6 nitrogen and oxygen atoms in total. The van der Waals surface area contributed by atoms with E-state index in [1.165, 1.54) is 12.1 Å². The first-order valence-corrected chi connectivity index (χ1v) is 9.39. The van der Waals surface area contributed by atoms with Crippen LogP contribution in [0.25, 0.3) is 0 Å². The molecule has 0 fully saturated rings. The van der Waals surface area contributed by atoms with Crippen LogP contribution in [0, 0.1) is 12.8 Å². The number of anilines is 1. The molecule has 0 saturated carbocycles. The zero-order valence-electron chi connectivity index (χ0n) is 14.0. The maximum Gasteiger partial charge on any atom is 0.231 e. The summed E-state index contributed by atoms with van der Waals surface area (Å²) in [4.78, 5) is 0.133. The number of aromatic hydroxyl groups is 1. The van der Waals surface area contributed by atoms with Gasteiger partial charge in [-0.25, -0.2) is 8.42 Å². The molecule has 0 aromatic heterocycles. The highest BCUT2D eigenvalue weighted by atomic mass is 32.2. The van der Waals surface area contributed by atoms with E-state index in [1.54, 1.807) is 38.1 Å². The van der Waals surface area contributed by atoms with E-state index in [1.807, 2.05) is 0 Å². The van der Waals surface area contributed by atoms with Gasteiger partial charge in [-0.3, -0.25) is 0 Å². The summed E-state index contributed by atoms with van der Waals surface area (Å²) in [7, 11) is -3.73. The van der Waals surface area contributed by atoms with Gasteiger partial charge in [0.15, 0.2) is 21.3 Å². The van der Waals surface area contributed by atoms with Gasteiger partial charge in [0, 0.05) is 6.07 Å². The summed E-state index contributed by atoms with van der Waals surface area (Å²) in [5.41, 5.74) is 0.753. The molecule has 3 rings (SSSR count). The van der Waals surface area contributed by atoms with Crippen molar-refractivity contribution in [2.45, 2.75) is 24.1 Å². The summed E-state index contributed by atoms with van der Waals surface area (Å²) >= 11 is 0. The Labute approximate surface area is 147 Å². The molecule has 0 unspecified atom stereocenters. The maximum absolute atomic E-state index is 13.1. The van der Waals surface area contributed by atoms with Crippen molar-refractivity contribution in [3.63, 3.8) is 0 Å². The lowest BCUT2D eigenvalue weighted by Crippen LogP contribution is -2.34. The van der Waals surface area contributed by atoms with E-state index in [2.05, 4.69) is 12.2 Å². The highest BCUT2D eigenvalue weighted by Gasteiger charge is 2.32.